The number of aromatic nitrogens is 1. The molecule has 3 heterocycles. The van der Waals surface area contributed by atoms with Crippen molar-refractivity contribution in [2.45, 2.75) is 9.79 Å². The highest BCUT2D eigenvalue weighted by atomic mass is 32.2. The van der Waals surface area contributed by atoms with Crippen LogP contribution in [-0.4, -0.2) is 4.57 Å². The van der Waals surface area contributed by atoms with Gasteiger partial charge in [0, 0.05) is 37.3 Å². The Balaban J connectivity index is 1.33. The molecule has 0 fully saturated rings. The standard InChI is InChI=1S/C37H22N2O2S/c40-37-27-14-2-1-12-25(27)29-21-33-28(22-34(29)41-37)26-13-3-4-15-30(26)38(33)23-10-9-11-24(20-23)39-31-16-5-7-18-35(31)42-36-19-8-6-17-32(36)39/h1-22H. The molecule has 198 valence electrons. The molecule has 0 radical (unpaired) electrons. The minimum absolute atomic E-state index is 0.311. The summed E-state index contributed by atoms with van der Waals surface area (Å²) in [4.78, 5) is 17.6. The zero-order chi connectivity index (χ0) is 27.8. The van der Waals surface area contributed by atoms with Gasteiger partial charge in [-0.2, -0.15) is 0 Å². The highest BCUT2D eigenvalue weighted by Gasteiger charge is 2.25. The van der Waals surface area contributed by atoms with Crippen LogP contribution in [0.2, 0.25) is 0 Å². The maximum Gasteiger partial charge on any atom is 0.344 e. The van der Waals surface area contributed by atoms with Crippen molar-refractivity contribution >= 4 is 72.4 Å². The second-order valence-corrected chi connectivity index (χ2v) is 11.6. The van der Waals surface area contributed by atoms with E-state index in [0.29, 0.717) is 11.0 Å². The average molecular weight is 559 g/mol. The predicted octanol–water partition coefficient (Wildman–Crippen LogP) is 9.98. The number of fused-ring (bicyclic) bond motifs is 8. The van der Waals surface area contributed by atoms with Crippen LogP contribution in [0.1, 0.15) is 0 Å². The van der Waals surface area contributed by atoms with E-state index in [0.717, 1.165) is 44.0 Å². The van der Waals surface area contributed by atoms with E-state index < -0.39 is 0 Å². The maximum absolute atomic E-state index is 12.8. The topological polar surface area (TPSA) is 38.4 Å². The number of benzene rings is 6. The van der Waals surface area contributed by atoms with Gasteiger partial charge < -0.3 is 13.9 Å². The molecule has 1 aliphatic heterocycles. The molecule has 9 rings (SSSR count). The summed E-state index contributed by atoms with van der Waals surface area (Å²) in [5.74, 6) is 0. The zero-order valence-corrected chi connectivity index (χ0v) is 23.1. The van der Waals surface area contributed by atoms with Crippen LogP contribution < -0.4 is 10.5 Å². The number of para-hydroxylation sites is 3. The highest BCUT2D eigenvalue weighted by molar-refractivity contribution is 7.99. The lowest BCUT2D eigenvalue weighted by atomic mass is 10.1. The number of rotatable bonds is 2. The fourth-order valence-electron chi connectivity index (χ4n) is 6.37. The molecule has 6 aromatic carbocycles. The summed E-state index contributed by atoms with van der Waals surface area (Å²) < 4.78 is 8.16. The van der Waals surface area contributed by atoms with Gasteiger partial charge in [0.05, 0.1) is 27.8 Å². The Kier molecular flexibility index (Phi) is 4.95. The van der Waals surface area contributed by atoms with Crippen molar-refractivity contribution in [3.05, 3.63) is 144 Å². The lowest BCUT2D eigenvalue weighted by Gasteiger charge is -2.33. The molecule has 0 saturated heterocycles. The van der Waals surface area contributed by atoms with Crippen molar-refractivity contribution in [3.63, 3.8) is 0 Å². The van der Waals surface area contributed by atoms with Crippen molar-refractivity contribution in [1.29, 1.82) is 0 Å². The summed E-state index contributed by atoms with van der Waals surface area (Å²) in [6, 6.07) is 46.2. The van der Waals surface area contributed by atoms with Gasteiger partial charge >= 0.3 is 5.63 Å². The van der Waals surface area contributed by atoms with Gasteiger partial charge in [-0.3, -0.25) is 0 Å². The Morgan fingerprint density at radius 1 is 0.500 bits per heavy atom. The molecule has 0 amide bonds. The fourth-order valence-corrected chi connectivity index (χ4v) is 7.43. The Bertz CT molecular complexity index is 2390. The summed E-state index contributed by atoms with van der Waals surface area (Å²) in [6.45, 7) is 0. The molecule has 2 aromatic heterocycles. The third kappa shape index (κ3) is 3.34. The highest BCUT2D eigenvalue weighted by Crippen LogP contribution is 2.51. The van der Waals surface area contributed by atoms with Gasteiger partial charge in [0.15, 0.2) is 0 Å². The Hall–Kier alpha value is -5.26. The average Bonchev–Trinajstić information content (AvgIpc) is 3.36. The van der Waals surface area contributed by atoms with E-state index in [1.165, 1.54) is 21.2 Å². The second-order valence-electron chi connectivity index (χ2n) is 10.5. The molecule has 1 aliphatic rings. The van der Waals surface area contributed by atoms with E-state index in [-0.39, 0.29) is 5.63 Å². The van der Waals surface area contributed by atoms with Crippen molar-refractivity contribution in [3.8, 4) is 5.69 Å². The number of hydrogen-bond acceptors (Lipinski definition) is 4. The Morgan fingerprint density at radius 2 is 1.14 bits per heavy atom. The van der Waals surface area contributed by atoms with Gasteiger partial charge in [-0.1, -0.05) is 78.5 Å². The van der Waals surface area contributed by atoms with Crippen LogP contribution in [0.5, 0.6) is 0 Å². The Morgan fingerprint density at radius 3 is 1.93 bits per heavy atom. The largest absolute Gasteiger partial charge is 0.422 e. The zero-order valence-electron chi connectivity index (χ0n) is 22.3. The molecule has 0 unspecified atom stereocenters. The molecule has 0 aliphatic carbocycles. The van der Waals surface area contributed by atoms with Gasteiger partial charge in [0.1, 0.15) is 5.58 Å². The van der Waals surface area contributed by atoms with E-state index in [1.54, 1.807) is 0 Å². The van der Waals surface area contributed by atoms with Crippen molar-refractivity contribution in [1.82, 2.24) is 4.57 Å². The Labute approximate surface area is 245 Å². The molecular weight excluding hydrogens is 536 g/mol. The van der Waals surface area contributed by atoms with Crippen molar-refractivity contribution in [2.24, 2.45) is 0 Å². The maximum atomic E-state index is 12.8. The van der Waals surface area contributed by atoms with Crippen LogP contribution in [0.15, 0.2) is 152 Å². The van der Waals surface area contributed by atoms with Crippen molar-refractivity contribution < 1.29 is 4.42 Å². The summed E-state index contributed by atoms with van der Waals surface area (Å²) in [6.07, 6.45) is 0. The lowest BCUT2D eigenvalue weighted by Crippen LogP contribution is -2.15. The molecule has 0 spiro atoms. The third-order valence-corrected chi connectivity index (χ3v) is 9.32. The molecule has 8 aromatic rings. The minimum atomic E-state index is -0.311. The van der Waals surface area contributed by atoms with Crippen LogP contribution >= 0.6 is 11.8 Å². The van der Waals surface area contributed by atoms with E-state index in [1.807, 2.05) is 42.1 Å². The first kappa shape index (κ1) is 23.4. The van der Waals surface area contributed by atoms with Gasteiger partial charge in [-0.15, -0.1) is 0 Å². The van der Waals surface area contributed by atoms with Crippen LogP contribution in [-0.2, 0) is 0 Å². The van der Waals surface area contributed by atoms with E-state index >= 15 is 0 Å². The molecule has 42 heavy (non-hydrogen) atoms. The first-order chi connectivity index (χ1) is 20.7. The molecule has 0 saturated carbocycles. The summed E-state index contributed by atoms with van der Waals surface area (Å²) >= 11 is 1.81. The SMILES string of the molecule is O=c1oc2cc3c4ccccc4n(-c4cccc(N5c6ccccc6Sc6ccccc65)c4)c3cc2c2ccccc12. The van der Waals surface area contributed by atoms with Crippen molar-refractivity contribution in [2.75, 3.05) is 4.90 Å². The predicted molar refractivity (Wildman–Crippen MR) is 173 cm³/mol. The molecule has 5 heteroatoms. The van der Waals surface area contributed by atoms with Gasteiger partial charge in [0.25, 0.3) is 0 Å². The summed E-state index contributed by atoms with van der Waals surface area (Å²) in [5, 5.41) is 4.58. The molecular formula is C37H22N2O2S. The number of nitrogens with zero attached hydrogens (tertiary/aromatic N) is 2. The molecule has 4 nitrogen and oxygen atoms in total. The normalized spacial score (nSPS) is 12.7. The smallest absolute Gasteiger partial charge is 0.344 e. The van der Waals surface area contributed by atoms with E-state index in [9.17, 15) is 4.79 Å². The van der Waals surface area contributed by atoms with Crippen LogP contribution in [0, 0.1) is 0 Å². The fraction of sp³-hybridized carbons (Fsp3) is 0. The van der Waals surface area contributed by atoms with Gasteiger partial charge in [-0.25, -0.2) is 4.79 Å². The number of hydrogen-bond donors (Lipinski definition) is 0. The van der Waals surface area contributed by atoms with Gasteiger partial charge in [0.2, 0.25) is 0 Å². The van der Waals surface area contributed by atoms with Crippen LogP contribution in [0.25, 0.3) is 49.2 Å². The monoisotopic (exact) mass is 558 g/mol. The minimum Gasteiger partial charge on any atom is -0.422 e. The van der Waals surface area contributed by atoms with Crippen LogP contribution in [0.4, 0.5) is 17.1 Å². The molecule has 0 atom stereocenters. The van der Waals surface area contributed by atoms with E-state index in [2.05, 4.69) is 113 Å². The molecule has 0 bridgehead atoms. The van der Waals surface area contributed by atoms with Crippen LogP contribution in [0.3, 0.4) is 0 Å². The first-order valence-electron chi connectivity index (χ1n) is 13.9. The first-order valence-corrected chi connectivity index (χ1v) is 14.7. The third-order valence-electron chi connectivity index (χ3n) is 8.19. The van der Waals surface area contributed by atoms with E-state index in [4.69, 9.17) is 4.42 Å². The lowest BCUT2D eigenvalue weighted by molar-refractivity contribution is 0.570. The number of anilines is 3. The quantitative estimate of drug-likeness (QED) is 0.156. The second kappa shape index (κ2) is 8.87. The molecule has 0 N–H and O–H groups in total. The summed E-state index contributed by atoms with van der Waals surface area (Å²) in [7, 11) is 0. The summed E-state index contributed by atoms with van der Waals surface area (Å²) in [5.41, 5.74) is 6.96. The van der Waals surface area contributed by atoms with Gasteiger partial charge in [-0.05, 0) is 72.1 Å².